The monoisotopic (exact) mass is 345 g/mol. The number of nitrogens with zero attached hydrogens (tertiary/aromatic N) is 5. The number of thiazole rings is 1. The minimum absolute atomic E-state index is 0.182. The minimum atomic E-state index is -0.401. The number of aryl methyl sites for hydroxylation is 1. The first-order chi connectivity index (χ1) is 11.5. The third kappa shape index (κ3) is 3.04. The molecule has 124 valence electrons. The summed E-state index contributed by atoms with van der Waals surface area (Å²) in [5.74, 6) is -0.690. The van der Waals surface area contributed by atoms with Crippen LogP contribution in [-0.2, 0) is 7.05 Å². The highest BCUT2D eigenvalue weighted by Gasteiger charge is 2.21. The highest BCUT2D eigenvalue weighted by atomic mass is 32.1. The van der Waals surface area contributed by atoms with Crippen LogP contribution in [0.3, 0.4) is 0 Å². The van der Waals surface area contributed by atoms with E-state index in [1.807, 2.05) is 0 Å². The van der Waals surface area contributed by atoms with Crippen LogP contribution in [0.1, 0.15) is 21.0 Å². The van der Waals surface area contributed by atoms with Gasteiger partial charge in [0.15, 0.2) is 5.69 Å². The molecule has 3 rings (SSSR count). The lowest BCUT2D eigenvalue weighted by Crippen LogP contribution is -2.24. The second kappa shape index (κ2) is 6.24. The smallest absolute Gasteiger partial charge is 0.276 e. The fourth-order valence-corrected chi connectivity index (χ4v) is 2.80. The molecule has 0 fully saturated rings. The Morgan fingerprint density at radius 1 is 1.38 bits per heavy atom. The van der Waals surface area contributed by atoms with Crippen LogP contribution in [0.15, 0.2) is 24.0 Å². The predicted molar refractivity (Wildman–Crippen MR) is 88.9 cm³/mol. The van der Waals surface area contributed by atoms with Crippen LogP contribution in [0.2, 0.25) is 0 Å². The maximum Gasteiger partial charge on any atom is 0.276 e. The Balaban J connectivity index is 1.82. The molecule has 3 aromatic rings. The maximum absolute atomic E-state index is 12.4. The van der Waals surface area contributed by atoms with E-state index in [0.29, 0.717) is 10.7 Å². The predicted octanol–water partition coefficient (Wildman–Crippen LogP) is 1.22. The number of amides is 2. The van der Waals surface area contributed by atoms with Crippen molar-refractivity contribution in [1.29, 1.82) is 0 Å². The van der Waals surface area contributed by atoms with Gasteiger partial charge >= 0.3 is 0 Å². The van der Waals surface area contributed by atoms with Gasteiger partial charge < -0.3 is 10.2 Å². The van der Waals surface area contributed by atoms with Crippen molar-refractivity contribution < 1.29 is 9.59 Å². The Labute approximate surface area is 141 Å². The molecule has 0 spiro atoms. The molecule has 0 aromatic carbocycles. The summed E-state index contributed by atoms with van der Waals surface area (Å²) in [5, 5.41) is 15.7. The van der Waals surface area contributed by atoms with Crippen LogP contribution in [0.25, 0.3) is 10.6 Å². The van der Waals surface area contributed by atoms with Crippen LogP contribution in [0.5, 0.6) is 0 Å². The van der Waals surface area contributed by atoms with Gasteiger partial charge in [-0.25, -0.2) is 4.98 Å². The summed E-state index contributed by atoms with van der Waals surface area (Å²) in [6, 6.07) is 0. The number of aromatic amines is 1. The Morgan fingerprint density at radius 2 is 2.17 bits per heavy atom. The molecule has 0 bridgehead atoms. The first-order valence-electron chi connectivity index (χ1n) is 6.97. The van der Waals surface area contributed by atoms with Gasteiger partial charge in [0.05, 0.1) is 11.9 Å². The maximum atomic E-state index is 12.4. The topological polar surface area (TPSA) is 109 Å². The van der Waals surface area contributed by atoms with E-state index in [-0.39, 0.29) is 17.3 Å². The van der Waals surface area contributed by atoms with Crippen molar-refractivity contribution in [2.24, 2.45) is 7.05 Å². The largest absolute Gasteiger partial charge is 0.343 e. The van der Waals surface area contributed by atoms with Gasteiger partial charge in [0, 0.05) is 44.5 Å². The van der Waals surface area contributed by atoms with E-state index in [9.17, 15) is 9.59 Å². The molecule has 9 nitrogen and oxygen atoms in total. The summed E-state index contributed by atoms with van der Waals surface area (Å²) >= 11 is 1.34. The van der Waals surface area contributed by atoms with E-state index >= 15 is 0 Å². The zero-order valence-electron chi connectivity index (χ0n) is 13.3. The summed E-state index contributed by atoms with van der Waals surface area (Å²) in [7, 11) is 4.93. The molecule has 10 heteroatoms. The zero-order chi connectivity index (χ0) is 17.3. The molecule has 0 aliphatic rings. The zero-order valence-corrected chi connectivity index (χ0v) is 14.1. The molecule has 0 radical (unpaired) electrons. The Hall–Kier alpha value is -3.01. The molecule has 2 N–H and O–H groups in total. The van der Waals surface area contributed by atoms with Gasteiger partial charge in [-0.2, -0.15) is 10.2 Å². The van der Waals surface area contributed by atoms with Gasteiger partial charge in [0.2, 0.25) is 0 Å². The van der Waals surface area contributed by atoms with Crippen LogP contribution >= 0.6 is 11.3 Å². The van der Waals surface area contributed by atoms with Crippen molar-refractivity contribution in [3.63, 3.8) is 0 Å². The number of hydrogen-bond acceptors (Lipinski definition) is 6. The average molecular weight is 345 g/mol. The molecule has 3 aromatic heterocycles. The number of rotatable bonds is 4. The molecule has 0 atom stereocenters. The fourth-order valence-electron chi connectivity index (χ4n) is 2.01. The second-order valence-corrected chi connectivity index (χ2v) is 6.10. The average Bonchev–Trinajstić information content (AvgIpc) is 3.26. The summed E-state index contributed by atoms with van der Waals surface area (Å²) in [5.41, 5.74) is 1.60. The molecular weight excluding hydrogens is 330 g/mol. The van der Waals surface area contributed by atoms with Gasteiger partial charge in [0.1, 0.15) is 10.7 Å². The van der Waals surface area contributed by atoms with E-state index in [1.54, 1.807) is 45.1 Å². The van der Waals surface area contributed by atoms with Crippen molar-refractivity contribution in [1.82, 2.24) is 29.9 Å². The van der Waals surface area contributed by atoms with E-state index in [1.165, 1.54) is 20.9 Å². The molecule has 24 heavy (non-hydrogen) atoms. The van der Waals surface area contributed by atoms with Crippen molar-refractivity contribution in [2.75, 3.05) is 19.4 Å². The highest BCUT2D eigenvalue weighted by Crippen LogP contribution is 2.23. The van der Waals surface area contributed by atoms with E-state index in [0.717, 1.165) is 5.56 Å². The van der Waals surface area contributed by atoms with Crippen LogP contribution in [0, 0.1) is 0 Å². The first kappa shape index (κ1) is 15.9. The molecule has 0 saturated heterocycles. The number of carbonyl (C=O) groups excluding carboxylic acids is 2. The van der Waals surface area contributed by atoms with Gasteiger partial charge in [0.25, 0.3) is 11.8 Å². The minimum Gasteiger partial charge on any atom is -0.343 e. The van der Waals surface area contributed by atoms with Gasteiger partial charge in [-0.05, 0) is 0 Å². The lowest BCUT2D eigenvalue weighted by Gasteiger charge is -2.09. The SMILES string of the molecule is CN(C)C(=O)c1nn(C)cc1NC(=O)c1csc(-c2cn[nH]c2)n1. The standard InChI is InChI=1S/C14H15N7O2S/c1-20(2)14(23)11-9(6-21(3)19-11)17-12(22)10-7-24-13(18-10)8-4-15-16-5-8/h4-7H,1-3H3,(H,15,16)(H,17,22). The van der Waals surface area contributed by atoms with Crippen LogP contribution < -0.4 is 5.32 Å². The number of hydrogen-bond donors (Lipinski definition) is 2. The third-order valence-corrected chi connectivity index (χ3v) is 4.06. The Morgan fingerprint density at radius 3 is 2.83 bits per heavy atom. The lowest BCUT2D eigenvalue weighted by atomic mass is 10.3. The summed E-state index contributed by atoms with van der Waals surface area (Å²) in [6.45, 7) is 0. The Bertz CT molecular complexity index is 879. The normalized spacial score (nSPS) is 10.6. The molecule has 0 aliphatic heterocycles. The van der Waals surface area contributed by atoms with Gasteiger partial charge in [-0.1, -0.05) is 0 Å². The van der Waals surface area contributed by atoms with Crippen molar-refractivity contribution in [2.45, 2.75) is 0 Å². The number of anilines is 1. The molecule has 3 heterocycles. The number of H-pyrrole nitrogens is 1. The van der Waals surface area contributed by atoms with Gasteiger partial charge in [-0.3, -0.25) is 19.4 Å². The number of carbonyl (C=O) groups is 2. The molecule has 0 saturated carbocycles. The molecule has 0 aliphatic carbocycles. The van der Waals surface area contributed by atoms with Crippen molar-refractivity contribution in [3.05, 3.63) is 35.4 Å². The molecule has 0 unspecified atom stereocenters. The summed E-state index contributed by atoms with van der Waals surface area (Å²) in [6.07, 6.45) is 4.92. The fraction of sp³-hybridized carbons (Fsp3) is 0.214. The summed E-state index contributed by atoms with van der Waals surface area (Å²) < 4.78 is 1.48. The molecular formula is C14H15N7O2S. The van der Waals surface area contributed by atoms with Crippen LogP contribution in [-0.4, -0.2) is 55.8 Å². The van der Waals surface area contributed by atoms with E-state index in [4.69, 9.17) is 0 Å². The van der Waals surface area contributed by atoms with Crippen molar-refractivity contribution >= 4 is 28.8 Å². The first-order valence-corrected chi connectivity index (χ1v) is 7.85. The third-order valence-electron chi connectivity index (χ3n) is 3.17. The van der Waals surface area contributed by atoms with Crippen LogP contribution in [0.4, 0.5) is 5.69 Å². The second-order valence-electron chi connectivity index (χ2n) is 5.24. The highest BCUT2D eigenvalue weighted by molar-refractivity contribution is 7.13. The number of nitrogens with one attached hydrogen (secondary N) is 2. The van der Waals surface area contributed by atoms with Crippen molar-refractivity contribution in [3.8, 4) is 10.6 Å². The lowest BCUT2D eigenvalue weighted by molar-refractivity contribution is 0.0822. The summed E-state index contributed by atoms with van der Waals surface area (Å²) in [4.78, 5) is 30.2. The van der Waals surface area contributed by atoms with Gasteiger partial charge in [-0.15, -0.1) is 11.3 Å². The Kier molecular flexibility index (Phi) is 4.13. The van der Waals surface area contributed by atoms with E-state index in [2.05, 4.69) is 25.6 Å². The van der Waals surface area contributed by atoms with E-state index < -0.39 is 5.91 Å². The molecule has 2 amide bonds. The number of aromatic nitrogens is 5. The quantitative estimate of drug-likeness (QED) is 0.739.